The lowest BCUT2D eigenvalue weighted by molar-refractivity contribution is -0.143. The number of nitrogens with zero attached hydrogens (tertiary/aromatic N) is 4. The fourth-order valence-corrected chi connectivity index (χ4v) is 4.36. The molecule has 0 saturated heterocycles. The predicted octanol–water partition coefficient (Wildman–Crippen LogP) is 5.22. The summed E-state index contributed by atoms with van der Waals surface area (Å²) in [6.45, 7) is 3.50. The Morgan fingerprint density at radius 1 is 0.914 bits per heavy atom. The zero-order chi connectivity index (χ0) is 24.5. The second-order valence-electron chi connectivity index (χ2n) is 8.71. The van der Waals surface area contributed by atoms with Gasteiger partial charge >= 0.3 is 5.97 Å². The first-order valence-electron chi connectivity index (χ1n) is 12.1. The highest BCUT2D eigenvalue weighted by Crippen LogP contribution is 2.30. The van der Waals surface area contributed by atoms with E-state index in [-0.39, 0.29) is 0 Å². The number of carbonyl (C=O) groups is 1. The van der Waals surface area contributed by atoms with Gasteiger partial charge in [-0.3, -0.25) is 9.69 Å². The molecule has 4 rings (SSSR count). The number of H-pyrrole nitrogens is 1. The maximum absolute atomic E-state index is 12.3. The monoisotopic (exact) mass is 469 g/mol. The number of aliphatic carboxylic acids is 1. The van der Waals surface area contributed by atoms with E-state index in [9.17, 15) is 9.90 Å². The third-order valence-corrected chi connectivity index (χ3v) is 6.22. The highest BCUT2D eigenvalue weighted by Gasteiger charge is 2.26. The fourth-order valence-electron chi connectivity index (χ4n) is 4.36. The molecule has 0 aliphatic rings. The van der Waals surface area contributed by atoms with Crippen molar-refractivity contribution in [1.82, 2.24) is 25.5 Å². The van der Waals surface area contributed by atoms with Crippen LogP contribution in [0.4, 0.5) is 0 Å². The summed E-state index contributed by atoms with van der Waals surface area (Å²) in [7, 11) is 0. The Morgan fingerprint density at radius 2 is 1.63 bits per heavy atom. The van der Waals surface area contributed by atoms with Gasteiger partial charge < -0.3 is 5.11 Å². The van der Waals surface area contributed by atoms with Crippen molar-refractivity contribution in [2.24, 2.45) is 0 Å². The van der Waals surface area contributed by atoms with Gasteiger partial charge in [-0.15, -0.1) is 5.10 Å². The summed E-state index contributed by atoms with van der Waals surface area (Å²) < 4.78 is 0. The van der Waals surface area contributed by atoms with Crippen LogP contribution in [0.2, 0.25) is 0 Å². The van der Waals surface area contributed by atoms with Gasteiger partial charge in [-0.2, -0.15) is 0 Å². The molecule has 180 valence electrons. The number of hydrogen-bond donors (Lipinski definition) is 2. The SMILES string of the molecule is CCCCCN(Cc1ccc(-c2ccccc2-c2nnn[nH]2)cc1)[C@@H](Cc1ccccc1)C(=O)O. The third-order valence-electron chi connectivity index (χ3n) is 6.22. The Bertz CT molecular complexity index is 1190. The van der Waals surface area contributed by atoms with Crippen LogP contribution < -0.4 is 0 Å². The highest BCUT2D eigenvalue weighted by molar-refractivity contribution is 5.80. The smallest absolute Gasteiger partial charge is 0.321 e. The normalized spacial score (nSPS) is 12.1. The molecule has 0 unspecified atom stereocenters. The number of nitrogens with one attached hydrogen (secondary N) is 1. The number of tetrazole rings is 1. The Labute approximate surface area is 205 Å². The van der Waals surface area contributed by atoms with Crippen molar-refractivity contribution in [2.75, 3.05) is 6.54 Å². The van der Waals surface area contributed by atoms with Gasteiger partial charge in [-0.1, -0.05) is 98.6 Å². The first kappa shape index (κ1) is 24.3. The molecule has 0 amide bonds. The number of hydrogen-bond acceptors (Lipinski definition) is 5. The number of aromatic amines is 1. The van der Waals surface area contributed by atoms with Gasteiger partial charge in [-0.25, -0.2) is 5.10 Å². The molecule has 0 fully saturated rings. The van der Waals surface area contributed by atoms with Gasteiger partial charge in [0.05, 0.1) is 0 Å². The highest BCUT2D eigenvalue weighted by atomic mass is 16.4. The van der Waals surface area contributed by atoms with Crippen molar-refractivity contribution in [3.8, 4) is 22.5 Å². The van der Waals surface area contributed by atoms with Gasteiger partial charge in [-0.05, 0) is 52.1 Å². The molecule has 35 heavy (non-hydrogen) atoms. The Hall–Kier alpha value is -3.84. The van der Waals surface area contributed by atoms with E-state index >= 15 is 0 Å². The van der Waals surface area contributed by atoms with E-state index in [4.69, 9.17) is 0 Å². The van der Waals surface area contributed by atoms with E-state index in [1.54, 1.807) is 0 Å². The molecule has 1 atom stereocenters. The zero-order valence-corrected chi connectivity index (χ0v) is 20.0. The van der Waals surface area contributed by atoms with Crippen LogP contribution in [0.3, 0.4) is 0 Å². The number of unbranched alkanes of at least 4 members (excludes halogenated alkanes) is 2. The van der Waals surface area contributed by atoms with Gasteiger partial charge in [0, 0.05) is 12.1 Å². The quantitative estimate of drug-likeness (QED) is 0.276. The molecule has 7 nitrogen and oxygen atoms in total. The number of carboxylic acids is 1. The van der Waals surface area contributed by atoms with Crippen LogP contribution in [0.15, 0.2) is 78.9 Å². The summed E-state index contributed by atoms with van der Waals surface area (Å²) >= 11 is 0. The van der Waals surface area contributed by atoms with Gasteiger partial charge in [0.15, 0.2) is 5.82 Å². The minimum Gasteiger partial charge on any atom is -0.480 e. The van der Waals surface area contributed by atoms with Crippen LogP contribution in [0, 0.1) is 0 Å². The molecule has 0 aliphatic heterocycles. The van der Waals surface area contributed by atoms with E-state index in [1.165, 1.54) is 0 Å². The Balaban J connectivity index is 1.55. The predicted molar refractivity (Wildman–Crippen MR) is 137 cm³/mol. The average Bonchev–Trinajstić information content (AvgIpc) is 3.43. The molecule has 3 aromatic carbocycles. The summed E-state index contributed by atoms with van der Waals surface area (Å²) in [4.78, 5) is 14.4. The lowest BCUT2D eigenvalue weighted by Crippen LogP contribution is -2.42. The first-order valence-corrected chi connectivity index (χ1v) is 12.1. The van der Waals surface area contributed by atoms with E-state index in [1.807, 2.05) is 54.6 Å². The molecule has 7 heteroatoms. The summed E-state index contributed by atoms with van der Waals surface area (Å²) in [5, 5.41) is 24.4. The molecular formula is C28H31N5O2. The zero-order valence-electron chi connectivity index (χ0n) is 20.0. The maximum atomic E-state index is 12.3. The van der Waals surface area contributed by atoms with Gasteiger partial charge in [0.2, 0.25) is 0 Å². The fraction of sp³-hybridized carbons (Fsp3) is 0.286. The second kappa shape index (κ2) is 12.0. The number of carboxylic acid groups (broad SMARTS) is 1. The third kappa shape index (κ3) is 6.39. The van der Waals surface area contributed by atoms with Crippen molar-refractivity contribution >= 4 is 5.97 Å². The van der Waals surface area contributed by atoms with Crippen molar-refractivity contribution in [3.05, 3.63) is 90.0 Å². The topological polar surface area (TPSA) is 95.0 Å². The summed E-state index contributed by atoms with van der Waals surface area (Å²) in [6, 6.07) is 25.6. The molecule has 1 heterocycles. The number of benzene rings is 3. The summed E-state index contributed by atoms with van der Waals surface area (Å²) in [5.74, 6) is -0.159. The minimum absolute atomic E-state index is 0.485. The van der Waals surface area contributed by atoms with Crippen LogP contribution in [0.25, 0.3) is 22.5 Å². The first-order chi connectivity index (χ1) is 17.2. The molecule has 2 N–H and O–H groups in total. The molecule has 4 aromatic rings. The maximum Gasteiger partial charge on any atom is 0.321 e. The number of aromatic nitrogens is 4. The van der Waals surface area contributed by atoms with Crippen LogP contribution in [-0.4, -0.2) is 49.2 Å². The summed E-state index contributed by atoms with van der Waals surface area (Å²) in [6.07, 6.45) is 3.64. The van der Waals surface area contributed by atoms with E-state index < -0.39 is 12.0 Å². The second-order valence-corrected chi connectivity index (χ2v) is 8.71. The van der Waals surface area contributed by atoms with Crippen LogP contribution in [-0.2, 0) is 17.8 Å². The van der Waals surface area contributed by atoms with E-state index in [0.717, 1.165) is 53.6 Å². The minimum atomic E-state index is -0.781. The Morgan fingerprint density at radius 3 is 2.29 bits per heavy atom. The van der Waals surface area contributed by atoms with Crippen molar-refractivity contribution in [3.63, 3.8) is 0 Å². The van der Waals surface area contributed by atoms with Crippen LogP contribution in [0.1, 0.15) is 37.3 Å². The molecular weight excluding hydrogens is 438 g/mol. The lowest BCUT2D eigenvalue weighted by Gasteiger charge is -2.29. The Kier molecular flexibility index (Phi) is 8.35. The molecule has 0 saturated carbocycles. The summed E-state index contributed by atoms with van der Waals surface area (Å²) in [5.41, 5.74) is 5.14. The van der Waals surface area contributed by atoms with E-state index in [2.05, 4.69) is 56.7 Å². The van der Waals surface area contributed by atoms with Gasteiger partial charge in [0.1, 0.15) is 6.04 Å². The molecule has 0 bridgehead atoms. The van der Waals surface area contributed by atoms with Crippen LogP contribution in [0.5, 0.6) is 0 Å². The van der Waals surface area contributed by atoms with E-state index in [0.29, 0.717) is 18.8 Å². The molecule has 0 radical (unpaired) electrons. The molecule has 0 spiro atoms. The van der Waals surface area contributed by atoms with Crippen molar-refractivity contribution in [2.45, 2.75) is 45.2 Å². The average molecular weight is 470 g/mol. The van der Waals surface area contributed by atoms with Crippen molar-refractivity contribution in [1.29, 1.82) is 0 Å². The largest absolute Gasteiger partial charge is 0.480 e. The lowest BCUT2D eigenvalue weighted by atomic mass is 9.98. The molecule has 0 aliphatic carbocycles. The standard InChI is InChI=1S/C28H31N5O2/c1-2-3-9-18-33(26(28(34)35)19-21-10-5-4-6-11-21)20-22-14-16-23(17-15-22)24-12-7-8-13-25(24)27-29-31-32-30-27/h4-8,10-17,26H,2-3,9,18-20H2,1H3,(H,34,35)(H,29,30,31,32)/t26-/m0/s1. The van der Waals surface area contributed by atoms with Gasteiger partial charge in [0.25, 0.3) is 0 Å². The van der Waals surface area contributed by atoms with Crippen LogP contribution >= 0.6 is 0 Å². The molecule has 1 aromatic heterocycles. The van der Waals surface area contributed by atoms with Crippen molar-refractivity contribution < 1.29 is 9.90 Å². The number of rotatable bonds is 12.